The van der Waals surface area contributed by atoms with Gasteiger partial charge in [0.25, 0.3) is 0 Å². The summed E-state index contributed by atoms with van der Waals surface area (Å²) in [6.07, 6.45) is 0.678. The first-order valence-electron chi connectivity index (χ1n) is 9.69. The number of hydrogen-bond donors (Lipinski definition) is 1. The average Bonchev–Trinajstić information content (AvgIpc) is 3.29. The lowest BCUT2D eigenvalue weighted by atomic mass is 10.0. The number of aryl methyl sites for hydroxylation is 1. The van der Waals surface area contributed by atoms with Crippen LogP contribution in [0.5, 0.6) is 0 Å². The SMILES string of the molecule is Cc1nn(-c2nc(CC(=O)Nc3ccc(F)cc3)cs2)c(C)c1Cc1cccc(F)c1. The van der Waals surface area contributed by atoms with Gasteiger partial charge in [-0.05, 0) is 55.8 Å². The lowest BCUT2D eigenvalue weighted by Crippen LogP contribution is -2.14. The van der Waals surface area contributed by atoms with Crippen LogP contribution in [0.2, 0.25) is 0 Å². The van der Waals surface area contributed by atoms with Crippen molar-refractivity contribution in [1.29, 1.82) is 0 Å². The zero-order valence-corrected chi connectivity index (χ0v) is 17.8. The zero-order chi connectivity index (χ0) is 22.0. The summed E-state index contributed by atoms with van der Waals surface area (Å²) in [4.78, 5) is 16.8. The molecular formula is C23H20F2N4OS. The fourth-order valence-corrected chi connectivity index (χ4v) is 4.17. The maximum Gasteiger partial charge on any atom is 0.230 e. The largest absolute Gasteiger partial charge is 0.326 e. The van der Waals surface area contributed by atoms with Gasteiger partial charge in [0.05, 0.1) is 17.8 Å². The number of carbonyl (C=O) groups excluding carboxylic acids is 1. The van der Waals surface area contributed by atoms with Crippen LogP contribution in [0.25, 0.3) is 5.13 Å². The van der Waals surface area contributed by atoms with Crippen LogP contribution >= 0.6 is 11.3 Å². The molecule has 0 atom stereocenters. The minimum atomic E-state index is -0.358. The predicted octanol–water partition coefficient (Wildman–Crippen LogP) is 5.00. The molecule has 0 aliphatic rings. The van der Waals surface area contributed by atoms with Crippen molar-refractivity contribution in [3.05, 3.63) is 93.8 Å². The van der Waals surface area contributed by atoms with E-state index in [1.54, 1.807) is 10.7 Å². The molecule has 1 amide bonds. The molecule has 1 N–H and O–H groups in total. The second kappa shape index (κ2) is 8.77. The predicted molar refractivity (Wildman–Crippen MR) is 117 cm³/mol. The van der Waals surface area contributed by atoms with Gasteiger partial charge in [-0.3, -0.25) is 4.79 Å². The lowest BCUT2D eigenvalue weighted by molar-refractivity contribution is -0.115. The number of nitrogens with zero attached hydrogens (tertiary/aromatic N) is 3. The van der Waals surface area contributed by atoms with Crippen molar-refractivity contribution >= 4 is 22.9 Å². The van der Waals surface area contributed by atoms with E-state index in [1.165, 1.54) is 47.7 Å². The second-order valence-corrected chi connectivity index (χ2v) is 8.06. The Kier molecular flexibility index (Phi) is 5.90. The van der Waals surface area contributed by atoms with Crippen molar-refractivity contribution < 1.29 is 13.6 Å². The molecular weight excluding hydrogens is 418 g/mol. The first-order valence-corrected chi connectivity index (χ1v) is 10.6. The standard InChI is InChI=1S/C23H20F2N4OS/c1-14-21(11-16-4-3-5-18(25)10-16)15(2)29(28-14)23-27-20(13-31-23)12-22(30)26-19-8-6-17(24)7-9-19/h3-10,13H,11-12H2,1-2H3,(H,26,30). The minimum absolute atomic E-state index is 0.101. The van der Waals surface area contributed by atoms with Crippen molar-refractivity contribution in [1.82, 2.24) is 14.8 Å². The zero-order valence-electron chi connectivity index (χ0n) is 17.0. The number of nitrogens with one attached hydrogen (secondary N) is 1. The highest BCUT2D eigenvalue weighted by Crippen LogP contribution is 2.23. The molecule has 5 nitrogen and oxygen atoms in total. The normalized spacial score (nSPS) is 11.0. The Morgan fingerprint density at radius 3 is 2.61 bits per heavy atom. The number of benzene rings is 2. The van der Waals surface area contributed by atoms with Crippen LogP contribution in [0, 0.1) is 25.5 Å². The van der Waals surface area contributed by atoms with Crippen LogP contribution < -0.4 is 5.32 Å². The molecule has 0 aliphatic heterocycles. The molecule has 2 aromatic carbocycles. The Morgan fingerprint density at radius 2 is 1.87 bits per heavy atom. The fraction of sp³-hybridized carbons (Fsp3) is 0.174. The summed E-state index contributed by atoms with van der Waals surface area (Å²) in [5, 5.41) is 9.82. The molecule has 4 aromatic rings. The van der Waals surface area contributed by atoms with E-state index in [-0.39, 0.29) is 24.0 Å². The molecule has 31 heavy (non-hydrogen) atoms. The van der Waals surface area contributed by atoms with Crippen molar-refractivity contribution in [2.45, 2.75) is 26.7 Å². The number of anilines is 1. The highest BCUT2D eigenvalue weighted by molar-refractivity contribution is 7.12. The van der Waals surface area contributed by atoms with Crippen LogP contribution in [0.15, 0.2) is 53.9 Å². The number of rotatable bonds is 6. The molecule has 4 rings (SSSR count). The van der Waals surface area contributed by atoms with Crippen LogP contribution in [-0.2, 0) is 17.6 Å². The number of thiazole rings is 1. The number of aromatic nitrogens is 3. The maximum absolute atomic E-state index is 13.5. The summed E-state index contributed by atoms with van der Waals surface area (Å²) >= 11 is 1.40. The third kappa shape index (κ3) is 4.86. The summed E-state index contributed by atoms with van der Waals surface area (Å²) < 4.78 is 28.3. The van der Waals surface area contributed by atoms with E-state index in [9.17, 15) is 13.6 Å². The number of hydrogen-bond acceptors (Lipinski definition) is 4. The third-order valence-corrected chi connectivity index (χ3v) is 5.77. The van der Waals surface area contributed by atoms with Gasteiger partial charge in [0, 0.05) is 28.7 Å². The summed E-state index contributed by atoms with van der Waals surface area (Å²) in [6, 6.07) is 12.1. The molecule has 2 heterocycles. The summed E-state index contributed by atoms with van der Waals surface area (Å²) in [6.45, 7) is 3.87. The van der Waals surface area contributed by atoms with Gasteiger partial charge in [0.1, 0.15) is 11.6 Å². The van der Waals surface area contributed by atoms with E-state index >= 15 is 0 Å². The minimum Gasteiger partial charge on any atom is -0.326 e. The average molecular weight is 439 g/mol. The molecule has 0 bridgehead atoms. The van der Waals surface area contributed by atoms with Crippen molar-refractivity contribution in [2.24, 2.45) is 0 Å². The molecule has 0 unspecified atom stereocenters. The molecule has 0 radical (unpaired) electrons. The maximum atomic E-state index is 13.5. The molecule has 0 aliphatic carbocycles. The molecule has 0 fully saturated rings. The summed E-state index contributed by atoms with van der Waals surface area (Å²) in [5.41, 5.74) is 4.84. The number of amides is 1. The van der Waals surface area contributed by atoms with Gasteiger partial charge in [-0.25, -0.2) is 18.4 Å². The van der Waals surface area contributed by atoms with Crippen LogP contribution in [0.3, 0.4) is 0 Å². The number of halogens is 2. The Balaban J connectivity index is 1.48. The van der Waals surface area contributed by atoms with Crippen LogP contribution in [-0.4, -0.2) is 20.7 Å². The van der Waals surface area contributed by atoms with E-state index in [1.807, 2.05) is 25.3 Å². The van der Waals surface area contributed by atoms with Gasteiger partial charge >= 0.3 is 0 Å². The van der Waals surface area contributed by atoms with E-state index < -0.39 is 0 Å². The molecule has 0 saturated carbocycles. The van der Waals surface area contributed by atoms with Crippen molar-refractivity contribution in [3.63, 3.8) is 0 Å². The first-order chi connectivity index (χ1) is 14.9. The quantitative estimate of drug-likeness (QED) is 0.461. The highest BCUT2D eigenvalue weighted by Gasteiger charge is 2.17. The lowest BCUT2D eigenvalue weighted by Gasteiger charge is -2.04. The van der Waals surface area contributed by atoms with E-state index in [4.69, 9.17) is 0 Å². The van der Waals surface area contributed by atoms with Gasteiger partial charge in [-0.15, -0.1) is 11.3 Å². The Morgan fingerprint density at radius 1 is 1.10 bits per heavy atom. The van der Waals surface area contributed by atoms with E-state index in [0.717, 1.165) is 22.5 Å². The second-order valence-electron chi connectivity index (χ2n) is 7.22. The Bertz CT molecular complexity index is 1230. The molecule has 158 valence electrons. The van der Waals surface area contributed by atoms with E-state index in [0.29, 0.717) is 22.9 Å². The van der Waals surface area contributed by atoms with Crippen molar-refractivity contribution in [3.8, 4) is 5.13 Å². The molecule has 2 aromatic heterocycles. The first kappa shape index (κ1) is 20.9. The van der Waals surface area contributed by atoms with Crippen LogP contribution in [0.1, 0.15) is 28.2 Å². The molecule has 8 heteroatoms. The van der Waals surface area contributed by atoms with E-state index in [2.05, 4.69) is 15.4 Å². The Hall–Kier alpha value is -3.39. The van der Waals surface area contributed by atoms with Gasteiger partial charge < -0.3 is 5.32 Å². The van der Waals surface area contributed by atoms with Gasteiger partial charge in [0.15, 0.2) is 0 Å². The van der Waals surface area contributed by atoms with Crippen molar-refractivity contribution in [2.75, 3.05) is 5.32 Å². The molecule has 0 saturated heterocycles. The molecule has 0 spiro atoms. The summed E-state index contributed by atoms with van der Waals surface area (Å²) in [7, 11) is 0. The van der Waals surface area contributed by atoms with Gasteiger partial charge in [-0.1, -0.05) is 12.1 Å². The van der Waals surface area contributed by atoms with Gasteiger partial charge in [-0.2, -0.15) is 5.10 Å². The van der Waals surface area contributed by atoms with Gasteiger partial charge in [0.2, 0.25) is 11.0 Å². The summed E-state index contributed by atoms with van der Waals surface area (Å²) in [5.74, 6) is -0.851. The number of carbonyl (C=O) groups is 1. The highest BCUT2D eigenvalue weighted by atomic mass is 32.1. The Labute approximate surface area is 182 Å². The monoisotopic (exact) mass is 438 g/mol. The smallest absolute Gasteiger partial charge is 0.230 e. The fourth-order valence-electron chi connectivity index (χ4n) is 3.35. The third-order valence-electron chi connectivity index (χ3n) is 4.90. The van der Waals surface area contributed by atoms with Crippen LogP contribution in [0.4, 0.5) is 14.5 Å². The topological polar surface area (TPSA) is 59.8 Å².